The second kappa shape index (κ2) is 6.04. The molecule has 2 rings (SSSR count). The molecule has 20 heavy (non-hydrogen) atoms. The molecule has 5 heteroatoms. The molecule has 4 N–H and O–H groups in total. The minimum Gasteiger partial charge on any atom is -0.323 e. The molecule has 0 saturated heterocycles. The van der Waals surface area contributed by atoms with Gasteiger partial charge in [-0.3, -0.25) is 4.57 Å². The molecule has 0 heterocycles. The fourth-order valence-corrected chi connectivity index (χ4v) is 2.13. The highest BCUT2D eigenvalue weighted by molar-refractivity contribution is 7.52. The third-order valence-electron chi connectivity index (χ3n) is 2.68. The summed E-state index contributed by atoms with van der Waals surface area (Å²) in [4.78, 5) is 18.0. The van der Waals surface area contributed by atoms with Gasteiger partial charge in [-0.15, -0.1) is 0 Å². The highest BCUT2D eigenvalue weighted by atomic mass is 31.2. The monoisotopic (exact) mass is 286 g/mol. The molecule has 0 aliphatic rings. The first-order valence-corrected chi connectivity index (χ1v) is 7.54. The van der Waals surface area contributed by atoms with E-state index in [9.17, 15) is 4.57 Å². The van der Waals surface area contributed by atoms with Gasteiger partial charge in [0.05, 0.1) is 0 Å². The van der Waals surface area contributed by atoms with Gasteiger partial charge in [0.2, 0.25) is 0 Å². The lowest BCUT2D eigenvalue weighted by Gasteiger charge is -2.13. The van der Waals surface area contributed by atoms with E-state index in [1.807, 2.05) is 12.1 Å². The summed E-state index contributed by atoms with van der Waals surface area (Å²) in [7, 11) is -4.32. The molecule has 1 radical (unpaired) electrons. The van der Waals surface area contributed by atoms with E-state index in [0.29, 0.717) is 5.56 Å². The summed E-state index contributed by atoms with van der Waals surface area (Å²) in [6.45, 7) is 0. The molecule has 0 saturated carbocycles. The molecule has 0 aliphatic carbocycles. The molecule has 2 aromatic carbocycles. The van der Waals surface area contributed by atoms with Gasteiger partial charge in [-0.25, -0.2) is 0 Å². The number of rotatable bonds is 2. The first-order chi connectivity index (χ1) is 9.47. The van der Waals surface area contributed by atoms with Crippen LogP contribution in [0.1, 0.15) is 22.5 Å². The number of hydrogen-bond acceptors (Lipinski definition) is 2. The summed E-state index contributed by atoms with van der Waals surface area (Å²) in [5, 5.41) is 0. The second-order valence-corrected chi connectivity index (χ2v) is 5.93. The average molecular weight is 286 g/mol. The Balaban J connectivity index is 2.18. The van der Waals surface area contributed by atoms with Gasteiger partial charge >= 0.3 is 7.60 Å². The smallest absolute Gasteiger partial charge is 0.323 e. The number of hydrogen-bond donors (Lipinski definition) is 3. The molecule has 2 aromatic rings. The van der Waals surface area contributed by atoms with Crippen LogP contribution in [0.3, 0.4) is 0 Å². The lowest BCUT2D eigenvalue weighted by molar-refractivity contribution is 0.359. The van der Waals surface area contributed by atoms with Crippen molar-refractivity contribution in [3.05, 3.63) is 71.3 Å². The quantitative estimate of drug-likeness (QED) is 0.582. The zero-order chi connectivity index (χ0) is 14.6. The summed E-state index contributed by atoms with van der Waals surface area (Å²) in [6.07, 6.45) is 0. The van der Waals surface area contributed by atoms with E-state index >= 15 is 0 Å². The molecule has 101 valence electrons. The summed E-state index contributed by atoms with van der Waals surface area (Å²) in [5.74, 6) is 4.66. The topological polar surface area (TPSA) is 83.6 Å². The van der Waals surface area contributed by atoms with Crippen LogP contribution in [0.15, 0.2) is 48.5 Å². The molecule has 0 amide bonds. The van der Waals surface area contributed by atoms with E-state index in [-0.39, 0.29) is 0 Å². The molecule has 1 unspecified atom stereocenters. The standard InChI is InChI=1S/C15H13NO3P/c16-15(20(17,18)19)14-10-8-13(9-11-14)7-6-12-4-2-1-3-5-12/h2-5,8-11,15H,16H2,(H2,17,18,19). The van der Waals surface area contributed by atoms with Crippen molar-refractivity contribution in [3.63, 3.8) is 0 Å². The van der Waals surface area contributed by atoms with Gasteiger partial charge in [0.25, 0.3) is 0 Å². The number of nitrogens with two attached hydrogens (primary N) is 1. The zero-order valence-corrected chi connectivity index (χ0v) is 11.4. The normalized spacial score (nSPS) is 12.3. The van der Waals surface area contributed by atoms with Crippen molar-refractivity contribution in [1.29, 1.82) is 0 Å². The van der Waals surface area contributed by atoms with E-state index in [1.165, 1.54) is 0 Å². The molecular formula is C15H13NO3P. The maximum absolute atomic E-state index is 11.1. The average Bonchev–Trinajstić information content (AvgIpc) is 2.45. The van der Waals surface area contributed by atoms with Crippen LogP contribution in [0.5, 0.6) is 0 Å². The van der Waals surface area contributed by atoms with Crippen LogP contribution in [-0.2, 0) is 4.57 Å². The van der Waals surface area contributed by atoms with Gasteiger partial charge in [0.15, 0.2) is 0 Å². The maximum atomic E-state index is 11.1. The van der Waals surface area contributed by atoms with Gasteiger partial charge in [0, 0.05) is 11.1 Å². The Kier molecular flexibility index (Phi) is 4.39. The van der Waals surface area contributed by atoms with Crippen molar-refractivity contribution < 1.29 is 14.4 Å². The lowest BCUT2D eigenvalue weighted by Crippen LogP contribution is -2.10. The molecule has 4 nitrogen and oxygen atoms in total. The molecule has 0 bridgehead atoms. The summed E-state index contributed by atoms with van der Waals surface area (Å²) < 4.78 is 11.1. The van der Waals surface area contributed by atoms with Crippen LogP contribution in [0.4, 0.5) is 0 Å². The molecular weight excluding hydrogens is 273 g/mol. The van der Waals surface area contributed by atoms with Crippen molar-refractivity contribution in [2.24, 2.45) is 5.73 Å². The molecule has 0 aliphatic heterocycles. The van der Waals surface area contributed by atoms with Crippen LogP contribution in [0.25, 0.3) is 0 Å². The fourth-order valence-electron chi connectivity index (χ4n) is 1.57. The largest absolute Gasteiger partial charge is 0.346 e. The Morgan fingerprint density at radius 1 is 1.00 bits per heavy atom. The molecule has 1 atom stereocenters. The maximum Gasteiger partial charge on any atom is 0.346 e. The zero-order valence-electron chi connectivity index (χ0n) is 10.5. The molecule has 0 fully saturated rings. The highest BCUT2D eigenvalue weighted by Crippen LogP contribution is 2.47. The van der Waals surface area contributed by atoms with Crippen molar-refractivity contribution in [3.8, 4) is 11.8 Å². The predicted octanol–water partition coefficient (Wildman–Crippen LogP) is 2.02. The number of benzene rings is 2. The lowest BCUT2D eigenvalue weighted by atomic mass is 10.1. The van der Waals surface area contributed by atoms with E-state index in [0.717, 1.165) is 11.1 Å². The first-order valence-electron chi connectivity index (χ1n) is 5.86. The van der Waals surface area contributed by atoms with Crippen molar-refractivity contribution in [2.75, 3.05) is 0 Å². The Hall–Kier alpha value is -1.89. The van der Waals surface area contributed by atoms with Gasteiger partial charge in [-0.2, -0.15) is 0 Å². The summed E-state index contributed by atoms with van der Waals surface area (Å²) in [6, 6.07) is 16.7. The van der Waals surface area contributed by atoms with E-state index in [2.05, 4.69) is 17.9 Å². The SMILES string of the molecule is NC(c1ccc(C#Cc2cc[c]cc2)cc1)P(=O)(O)O. The van der Waals surface area contributed by atoms with E-state index < -0.39 is 13.4 Å². The van der Waals surface area contributed by atoms with Crippen LogP contribution in [0, 0.1) is 17.9 Å². The van der Waals surface area contributed by atoms with Gasteiger partial charge in [-0.1, -0.05) is 36.1 Å². The van der Waals surface area contributed by atoms with Crippen molar-refractivity contribution >= 4 is 7.60 Å². The van der Waals surface area contributed by atoms with Crippen LogP contribution in [-0.4, -0.2) is 9.79 Å². The minimum absolute atomic E-state index is 0.387. The Bertz CT molecular complexity index is 681. The van der Waals surface area contributed by atoms with Crippen LogP contribution < -0.4 is 5.73 Å². The highest BCUT2D eigenvalue weighted by Gasteiger charge is 2.25. The third kappa shape index (κ3) is 3.80. The second-order valence-electron chi connectivity index (χ2n) is 4.19. The van der Waals surface area contributed by atoms with Crippen LogP contribution in [0.2, 0.25) is 0 Å². The predicted molar refractivity (Wildman–Crippen MR) is 76.7 cm³/mol. The summed E-state index contributed by atoms with van der Waals surface area (Å²) >= 11 is 0. The minimum atomic E-state index is -4.32. The van der Waals surface area contributed by atoms with Gasteiger partial charge in [0.1, 0.15) is 5.78 Å². The first kappa shape index (κ1) is 14.5. The molecule has 0 spiro atoms. The Morgan fingerprint density at radius 2 is 1.50 bits per heavy atom. The van der Waals surface area contributed by atoms with Gasteiger partial charge < -0.3 is 15.5 Å². The van der Waals surface area contributed by atoms with Gasteiger partial charge in [-0.05, 0) is 35.9 Å². The Labute approximate surface area is 117 Å². The Morgan fingerprint density at radius 3 is 2.00 bits per heavy atom. The van der Waals surface area contributed by atoms with E-state index in [1.54, 1.807) is 36.4 Å². The van der Waals surface area contributed by atoms with Crippen LogP contribution >= 0.6 is 7.60 Å². The summed E-state index contributed by atoms with van der Waals surface area (Å²) in [5.41, 5.74) is 7.50. The van der Waals surface area contributed by atoms with Crippen molar-refractivity contribution in [2.45, 2.75) is 5.78 Å². The molecule has 0 aromatic heterocycles. The van der Waals surface area contributed by atoms with E-state index in [4.69, 9.17) is 15.5 Å². The van der Waals surface area contributed by atoms with Crippen molar-refractivity contribution in [1.82, 2.24) is 0 Å². The third-order valence-corrected chi connectivity index (χ3v) is 3.71. The fraction of sp³-hybridized carbons (Fsp3) is 0.0667.